The molecule has 0 bridgehead atoms. The van der Waals surface area contributed by atoms with E-state index in [1.165, 1.54) is 50.8 Å². The van der Waals surface area contributed by atoms with Gasteiger partial charge in [0.2, 0.25) is 10.0 Å². The fourth-order valence-corrected chi connectivity index (χ4v) is 8.09. The van der Waals surface area contributed by atoms with Crippen LogP contribution in [-0.4, -0.2) is 67.0 Å². The van der Waals surface area contributed by atoms with Crippen molar-refractivity contribution < 1.29 is 26.4 Å². The topological polar surface area (TPSA) is 113 Å². The van der Waals surface area contributed by atoms with Crippen LogP contribution in [0.3, 0.4) is 0 Å². The van der Waals surface area contributed by atoms with Gasteiger partial charge in [-0.2, -0.15) is 0 Å². The van der Waals surface area contributed by atoms with Crippen LogP contribution in [0.15, 0.2) is 77.2 Å². The number of sulfonamides is 1. The second-order valence-corrected chi connectivity index (χ2v) is 15.6. The van der Waals surface area contributed by atoms with E-state index in [0.717, 1.165) is 41.3 Å². The van der Waals surface area contributed by atoms with E-state index in [9.17, 15) is 17.6 Å². The first-order valence-electron chi connectivity index (χ1n) is 16.6. The minimum Gasteiger partial charge on any atom is -0.455 e. The molecular formula is C38H32F2N6O4S. The number of fused-ring (bicyclic) bond motifs is 7. The second-order valence-electron chi connectivity index (χ2n) is 13.6. The molecule has 0 spiro atoms. The third-order valence-electron chi connectivity index (χ3n) is 10.3. The number of furan rings is 1. The molecule has 7 aromatic rings. The number of aromatic nitrogens is 3. The first kappa shape index (κ1) is 31.6. The van der Waals surface area contributed by atoms with Crippen LogP contribution < -0.4 is 9.62 Å². The highest BCUT2D eigenvalue weighted by Gasteiger charge is 2.45. The number of likely N-dealkylation sites (tertiary alicyclic amines) is 1. The molecule has 2 aliphatic rings. The van der Waals surface area contributed by atoms with Crippen LogP contribution >= 0.6 is 0 Å². The third kappa shape index (κ3) is 5.13. The zero-order chi connectivity index (χ0) is 35.3. The van der Waals surface area contributed by atoms with Gasteiger partial charge < -0.3 is 9.73 Å². The molecule has 9 rings (SSSR count). The molecule has 1 aliphatic carbocycles. The van der Waals surface area contributed by atoms with Gasteiger partial charge >= 0.3 is 0 Å². The van der Waals surface area contributed by atoms with E-state index in [1.807, 2.05) is 16.5 Å². The lowest BCUT2D eigenvalue weighted by Crippen LogP contribution is -2.25. The molecule has 1 N–H and O–H groups in total. The van der Waals surface area contributed by atoms with Gasteiger partial charge in [-0.05, 0) is 78.9 Å². The lowest BCUT2D eigenvalue weighted by atomic mass is 10.0. The summed E-state index contributed by atoms with van der Waals surface area (Å²) in [5, 5.41) is 3.52. The average Bonchev–Trinajstić information content (AvgIpc) is 3.41. The maximum atomic E-state index is 15.3. The summed E-state index contributed by atoms with van der Waals surface area (Å²) >= 11 is 0. The molecule has 2 fully saturated rings. The molecule has 1 amide bonds. The van der Waals surface area contributed by atoms with Crippen molar-refractivity contribution in [3.05, 3.63) is 95.8 Å². The zero-order valence-electron chi connectivity index (χ0n) is 27.9. The molecular weight excluding hydrogens is 675 g/mol. The number of hydrogen-bond acceptors (Lipinski definition) is 7. The lowest BCUT2D eigenvalue weighted by Gasteiger charge is -2.21. The van der Waals surface area contributed by atoms with E-state index in [1.54, 1.807) is 30.3 Å². The Kier molecular flexibility index (Phi) is 7.00. The Bertz CT molecular complexity index is 2700. The number of carbonyl (C=O) groups is 1. The van der Waals surface area contributed by atoms with Gasteiger partial charge in [-0.15, -0.1) is 0 Å². The van der Waals surface area contributed by atoms with E-state index in [0.29, 0.717) is 56.2 Å². The molecule has 13 heteroatoms. The number of pyridine rings is 1. The Morgan fingerprint density at radius 2 is 1.75 bits per heavy atom. The predicted octanol–water partition coefficient (Wildman–Crippen LogP) is 6.60. The highest BCUT2D eigenvalue weighted by molar-refractivity contribution is 7.92. The van der Waals surface area contributed by atoms with E-state index in [-0.39, 0.29) is 28.4 Å². The van der Waals surface area contributed by atoms with E-state index < -0.39 is 21.7 Å². The van der Waals surface area contributed by atoms with Crippen molar-refractivity contribution in [1.82, 2.24) is 24.6 Å². The Balaban J connectivity index is 1.29. The standard InChI is InChI=1S/C38H32F2N6O4S/c1-41-38(47)35-26-14-25(31(44(2)51(3,48)49)16-33(26)50-37(35)20-7-9-23(39)10-8-20)28-11-12-29-36(43-28)32-15-24-27(40)5-4-6-30(24)46(32)34(42-29)19-45-17-21-13-22(21)18-45/h4-12,14-16,21-22H,13,17-19H2,1-3H3,(H,41,47). The van der Waals surface area contributed by atoms with Crippen LogP contribution in [0.4, 0.5) is 14.5 Å². The molecule has 51 heavy (non-hydrogen) atoms. The number of rotatable bonds is 7. The van der Waals surface area contributed by atoms with Gasteiger partial charge in [0, 0.05) is 55.2 Å². The van der Waals surface area contributed by atoms with E-state index in [4.69, 9.17) is 14.4 Å². The largest absolute Gasteiger partial charge is 0.455 e. The molecule has 1 saturated carbocycles. The quantitative estimate of drug-likeness (QED) is 0.199. The van der Waals surface area contributed by atoms with Crippen molar-refractivity contribution in [3.63, 3.8) is 0 Å². The predicted molar refractivity (Wildman–Crippen MR) is 192 cm³/mol. The molecule has 10 nitrogen and oxygen atoms in total. The summed E-state index contributed by atoms with van der Waals surface area (Å²) in [7, 11) is -0.845. The van der Waals surface area contributed by atoms with Crippen LogP contribution in [0.2, 0.25) is 0 Å². The smallest absolute Gasteiger partial charge is 0.255 e. The highest BCUT2D eigenvalue weighted by atomic mass is 32.2. The first-order chi connectivity index (χ1) is 24.5. The summed E-state index contributed by atoms with van der Waals surface area (Å²) in [6, 6.07) is 19.2. The maximum absolute atomic E-state index is 15.3. The summed E-state index contributed by atoms with van der Waals surface area (Å²) in [5.74, 6) is 1.24. The lowest BCUT2D eigenvalue weighted by molar-refractivity contribution is 0.0964. The van der Waals surface area contributed by atoms with Crippen molar-refractivity contribution in [2.24, 2.45) is 11.8 Å². The van der Waals surface area contributed by atoms with Crippen molar-refractivity contribution in [2.45, 2.75) is 13.0 Å². The molecule has 5 heterocycles. The normalized spacial score (nSPS) is 17.5. The van der Waals surface area contributed by atoms with E-state index in [2.05, 4.69) is 10.2 Å². The number of hydrogen-bond donors (Lipinski definition) is 1. The fraction of sp³-hybridized carbons (Fsp3) is 0.237. The first-order valence-corrected chi connectivity index (χ1v) is 18.5. The zero-order valence-corrected chi connectivity index (χ0v) is 28.8. The average molecular weight is 707 g/mol. The summed E-state index contributed by atoms with van der Waals surface area (Å²) < 4.78 is 64.4. The van der Waals surface area contributed by atoms with Gasteiger partial charge in [-0.3, -0.25) is 18.4 Å². The van der Waals surface area contributed by atoms with Gasteiger partial charge in [-0.1, -0.05) is 6.07 Å². The van der Waals surface area contributed by atoms with Crippen molar-refractivity contribution in [2.75, 3.05) is 37.7 Å². The molecule has 3 aromatic carbocycles. The third-order valence-corrected chi connectivity index (χ3v) is 11.5. The van der Waals surface area contributed by atoms with E-state index >= 15 is 4.39 Å². The van der Waals surface area contributed by atoms with Gasteiger partial charge in [0.15, 0.2) is 0 Å². The number of carbonyl (C=O) groups excluding carboxylic acids is 1. The van der Waals surface area contributed by atoms with Gasteiger partial charge in [0.05, 0.1) is 46.3 Å². The minimum absolute atomic E-state index is 0.205. The number of halogens is 2. The Morgan fingerprint density at radius 3 is 2.47 bits per heavy atom. The van der Waals surface area contributed by atoms with Crippen molar-refractivity contribution in [1.29, 1.82) is 0 Å². The molecule has 2 unspecified atom stereocenters. The fourth-order valence-electron chi connectivity index (χ4n) is 7.58. The summed E-state index contributed by atoms with van der Waals surface area (Å²) in [5.41, 5.74) is 4.49. The molecule has 258 valence electrons. The Morgan fingerprint density at radius 1 is 0.980 bits per heavy atom. The highest BCUT2D eigenvalue weighted by Crippen LogP contribution is 2.46. The number of benzene rings is 3. The van der Waals surface area contributed by atoms with Crippen LogP contribution in [-0.2, 0) is 16.6 Å². The SMILES string of the molecule is CNC(=O)c1c(-c2ccc(F)cc2)oc2cc(N(C)S(C)(=O)=O)c(-c3ccc4nc(CN5CC6CC6C5)n5c6cccc(F)c6cc5c4n3)cc12. The Hall–Kier alpha value is -5.40. The van der Waals surface area contributed by atoms with Crippen molar-refractivity contribution >= 4 is 60.0 Å². The monoisotopic (exact) mass is 706 g/mol. The molecule has 4 aromatic heterocycles. The van der Waals surface area contributed by atoms with Gasteiger partial charge in [0.25, 0.3) is 5.91 Å². The van der Waals surface area contributed by atoms with Crippen LogP contribution in [0.5, 0.6) is 0 Å². The molecule has 1 saturated heterocycles. The van der Waals surface area contributed by atoms with Gasteiger partial charge in [0.1, 0.15) is 34.3 Å². The minimum atomic E-state index is -3.77. The number of amides is 1. The van der Waals surface area contributed by atoms with Crippen LogP contribution in [0.25, 0.3) is 61.0 Å². The van der Waals surface area contributed by atoms with Crippen LogP contribution in [0.1, 0.15) is 22.6 Å². The Labute approximate surface area is 291 Å². The molecule has 0 radical (unpaired) electrons. The number of nitrogens with zero attached hydrogens (tertiary/aromatic N) is 5. The number of anilines is 1. The van der Waals surface area contributed by atoms with Gasteiger partial charge in [-0.25, -0.2) is 27.2 Å². The number of nitrogens with one attached hydrogen (secondary N) is 1. The molecule has 1 aliphatic heterocycles. The summed E-state index contributed by atoms with van der Waals surface area (Å²) in [6.07, 6.45) is 2.37. The number of piperidine rings is 1. The van der Waals surface area contributed by atoms with Crippen molar-refractivity contribution in [3.8, 4) is 22.6 Å². The maximum Gasteiger partial charge on any atom is 0.255 e. The molecule has 2 atom stereocenters. The second kappa shape index (κ2) is 11.3. The summed E-state index contributed by atoms with van der Waals surface area (Å²) in [4.78, 5) is 25.9. The van der Waals surface area contributed by atoms with Crippen LogP contribution in [0, 0.1) is 23.5 Å². The summed E-state index contributed by atoms with van der Waals surface area (Å²) in [6.45, 7) is 2.65.